The van der Waals surface area contributed by atoms with Crippen molar-refractivity contribution in [3.8, 4) is 0 Å². The Balaban J connectivity index is 1.05. The van der Waals surface area contributed by atoms with E-state index in [1.807, 2.05) is 12.1 Å². The van der Waals surface area contributed by atoms with Crippen LogP contribution in [0.3, 0.4) is 0 Å². The minimum atomic E-state index is -0.841. The van der Waals surface area contributed by atoms with E-state index in [9.17, 15) is 0 Å². The molecule has 2 aromatic carbocycles. The number of hydrogen-bond acceptors (Lipinski definition) is 1. The topological polar surface area (TPSA) is 9.23 Å². The summed E-state index contributed by atoms with van der Waals surface area (Å²) in [7, 11) is 0. The molecule has 2 aromatic rings. The van der Waals surface area contributed by atoms with Crippen LogP contribution in [0.5, 0.6) is 0 Å². The third kappa shape index (κ3) is 11.8. The van der Waals surface area contributed by atoms with Crippen LogP contribution >= 0.6 is 0 Å². The largest absolute Gasteiger partial charge is 0.372 e. The van der Waals surface area contributed by atoms with Gasteiger partial charge in [0.2, 0.25) is 0 Å². The van der Waals surface area contributed by atoms with Crippen molar-refractivity contribution >= 4 is 0 Å². The first-order valence-electron chi connectivity index (χ1n) is 25.4. The zero-order chi connectivity index (χ0) is 41.5. The summed E-state index contributed by atoms with van der Waals surface area (Å²) < 4.78 is 70.4. The number of unbranched alkanes of at least 4 members (excludes halogenated alkanes) is 10. The molecule has 4 fully saturated rings. The lowest BCUT2D eigenvalue weighted by Crippen LogP contribution is -2.40. The molecule has 0 bridgehead atoms. The maximum atomic E-state index is 16.3. The van der Waals surface area contributed by atoms with Crippen LogP contribution in [0.1, 0.15) is 242 Å². The second-order valence-corrected chi connectivity index (χ2v) is 20.3. The van der Waals surface area contributed by atoms with Gasteiger partial charge in [0.05, 0.1) is 13.2 Å². The lowest BCUT2D eigenvalue weighted by molar-refractivity contribution is 0.0995. The fourth-order valence-corrected chi connectivity index (χ4v) is 13.0. The molecule has 4 aliphatic rings. The molecule has 4 saturated carbocycles. The van der Waals surface area contributed by atoms with Crippen LogP contribution in [0, 0.1) is 46.9 Å². The molecule has 4 aliphatic carbocycles. The standard InChI is InChI=1S/C54H82F4O/c1-3-5-7-9-11-15-21-41-23-29-45(30-24-41)53(35-17-13-18-36-53)47-33-27-43(49(55)51(47)57)39-59-40-44-28-34-48(52(58)50(44)56)54(37-19-14-20-38-54)46-31-25-42(26-32-46)22-16-12-10-8-6-4-2/h27-28,33-34,41-42,45-46H,3-26,29-32,35-40H2,1-2H3. The Morgan fingerprint density at radius 2 is 0.797 bits per heavy atom. The van der Waals surface area contributed by atoms with Gasteiger partial charge in [-0.15, -0.1) is 0 Å². The van der Waals surface area contributed by atoms with Gasteiger partial charge in [-0.3, -0.25) is 0 Å². The molecule has 1 nitrogen and oxygen atoms in total. The van der Waals surface area contributed by atoms with Gasteiger partial charge in [-0.1, -0.05) is 192 Å². The smallest absolute Gasteiger partial charge is 0.164 e. The summed E-state index contributed by atoms with van der Waals surface area (Å²) in [5, 5.41) is 0. The zero-order valence-corrected chi connectivity index (χ0v) is 37.6. The summed E-state index contributed by atoms with van der Waals surface area (Å²) in [6.45, 7) is 4.16. The second kappa shape index (κ2) is 23.5. The predicted molar refractivity (Wildman–Crippen MR) is 238 cm³/mol. The van der Waals surface area contributed by atoms with E-state index in [0.717, 1.165) is 102 Å². The lowest BCUT2D eigenvalue weighted by Gasteiger charge is -2.47. The van der Waals surface area contributed by atoms with Gasteiger partial charge in [0.1, 0.15) is 0 Å². The Morgan fingerprint density at radius 1 is 0.441 bits per heavy atom. The highest BCUT2D eigenvalue weighted by Gasteiger charge is 2.46. The van der Waals surface area contributed by atoms with Crippen LogP contribution in [0.4, 0.5) is 17.6 Å². The molecule has 0 N–H and O–H groups in total. The lowest BCUT2D eigenvalue weighted by atomic mass is 9.57. The second-order valence-electron chi connectivity index (χ2n) is 20.3. The first-order valence-corrected chi connectivity index (χ1v) is 25.4. The normalized spacial score (nSPS) is 24.6. The van der Waals surface area contributed by atoms with Crippen LogP contribution in [-0.4, -0.2) is 0 Å². The molecule has 6 rings (SSSR count). The van der Waals surface area contributed by atoms with Gasteiger partial charge in [-0.25, -0.2) is 17.6 Å². The van der Waals surface area contributed by atoms with E-state index in [1.54, 1.807) is 12.1 Å². The third-order valence-corrected chi connectivity index (χ3v) is 16.6. The SMILES string of the molecule is CCCCCCCCC1CCC(C2(c3ccc(COCc4ccc(C5(C6CCC(CCCCCCCC)CC6)CCCCC5)c(F)c4F)c(F)c3F)CCCCC2)CC1. The van der Waals surface area contributed by atoms with Crippen molar-refractivity contribution in [1.29, 1.82) is 0 Å². The fourth-order valence-electron chi connectivity index (χ4n) is 13.0. The van der Waals surface area contributed by atoms with E-state index >= 15 is 17.6 Å². The van der Waals surface area contributed by atoms with Crippen molar-refractivity contribution in [3.63, 3.8) is 0 Å². The Kier molecular flexibility index (Phi) is 18.6. The zero-order valence-electron chi connectivity index (χ0n) is 37.6. The van der Waals surface area contributed by atoms with Crippen molar-refractivity contribution in [2.45, 2.75) is 243 Å². The highest BCUT2D eigenvalue weighted by Crippen LogP contribution is 2.54. The average molecular weight is 823 g/mol. The summed E-state index contributed by atoms with van der Waals surface area (Å²) in [6.07, 6.45) is 38.1. The van der Waals surface area contributed by atoms with Gasteiger partial charge in [0.25, 0.3) is 0 Å². The quantitative estimate of drug-likeness (QED) is 0.0849. The van der Waals surface area contributed by atoms with Crippen molar-refractivity contribution in [2.24, 2.45) is 23.7 Å². The van der Waals surface area contributed by atoms with E-state index < -0.39 is 23.3 Å². The number of benzene rings is 2. The minimum Gasteiger partial charge on any atom is -0.372 e. The van der Waals surface area contributed by atoms with Crippen molar-refractivity contribution in [1.82, 2.24) is 0 Å². The molecule has 5 heteroatoms. The Morgan fingerprint density at radius 3 is 1.17 bits per heavy atom. The van der Waals surface area contributed by atoms with Crippen LogP contribution in [0.25, 0.3) is 0 Å². The summed E-state index contributed by atoms with van der Waals surface area (Å²) in [5.41, 5.74) is 0.794. The minimum absolute atomic E-state index is 0.144. The van der Waals surface area contributed by atoms with Crippen LogP contribution in [-0.2, 0) is 28.8 Å². The summed E-state index contributed by atoms with van der Waals surface area (Å²) in [6, 6.07) is 7.07. The molecule has 0 spiro atoms. The number of hydrogen-bond donors (Lipinski definition) is 0. The van der Waals surface area contributed by atoms with Gasteiger partial charge in [0.15, 0.2) is 23.3 Å². The molecular formula is C54H82F4O. The van der Waals surface area contributed by atoms with Gasteiger partial charge < -0.3 is 4.74 Å². The summed E-state index contributed by atoms with van der Waals surface area (Å²) in [5.74, 6) is -0.815. The van der Waals surface area contributed by atoms with Crippen molar-refractivity contribution in [2.75, 3.05) is 0 Å². The maximum absolute atomic E-state index is 16.3. The van der Waals surface area contributed by atoms with Gasteiger partial charge in [0, 0.05) is 22.0 Å². The Hall–Kier alpha value is -1.88. The van der Waals surface area contributed by atoms with Crippen LogP contribution in [0.2, 0.25) is 0 Å². The van der Waals surface area contributed by atoms with Crippen LogP contribution < -0.4 is 0 Å². The average Bonchev–Trinajstić information content (AvgIpc) is 3.27. The first kappa shape index (κ1) is 46.6. The molecule has 0 aliphatic heterocycles. The molecule has 0 unspecified atom stereocenters. The third-order valence-electron chi connectivity index (χ3n) is 16.6. The molecule has 0 atom stereocenters. The Bertz CT molecular complexity index is 1410. The first-order chi connectivity index (χ1) is 28.8. The fraction of sp³-hybridized carbons (Fsp3) is 0.778. The van der Waals surface area contributed by atoms with E-state index in [1.165, 1.54) is 116 Å². The predicted octanol–water partition coefficient (Wildman–Crippen LogP) is 17.5. The maximum Gasteiger partial charge on any atom is 0.164 e. The van der Waals surface area contributed by atoms with E-state index in [4.69, 9.17) is 4.74 Å². The molecular weight excluding hydrogens is 741 g/mol. The van der Waals surface area contributed by atoms with E-state index in [2.05, 4.69) is 13.8 Å². The summed E-state index contributed by atoms with van der Waals surface area (Å²) in [4.78, 5) is 0. The highest BCUT2D eigenvalue weighted by molar-refractivity contribution is 5.35. The van der Waals surface area contributed by atoms with Gasteiger partial charge in [-0.05, 0) is 86.2 Å². The highest BCUT2D eigenvalue weighted by atomic mass is 19.2. The van der Waals surface area contributed by atoms with E-state index in [0.29, 0.717) is 23.0 Å². The number of ether oxygens (including phenoxy) is 1. The molecule has 332 valence electrons. The van der Waals surface area contributed by atoms with Crippen LogP contribution in [0.15, 0.2) is 24.3 Å². The molecule has 0 heterocycles. The monoisotopic (exact) mass is 823 g/mol. The molecule has 0 radical (unpaired) electrons. The molecule has 0 saturated heterocycles. The summed E-state index contributed by atoms with van der Waals surface area (Å²) >= 11 is 0. The number of halogens is 4. The number of rotatable bonds is 22. The van der Waals surface area contributed by atoms with Gasteiger partial charge in [-0.2, -0.15) is 0 Å². The molecule has 0 aromatic heterocycles. The van der Waals surface area contributed by atoms with Crippen molar-refractivity contribution in [3.05, 3.63) is 69.8 Å². The van der Waals surface area contributed by atoms with Gasteiger partial charge >= 0.3 is 0 Å². The van der Waals surface area contributed by atoms with Crippen molar-refractivity contribution < 1.29 is 22.3 Å². The Labute approximate surface area is 358 Å². The molecule has 59 heavy (non-hydrogen) atoms. The van der Waals surface area contributed by atoms with E-state index in [-0.39, 0.29) is 35.2 Å². The molecule has 0 amide bonds.